The topological polar surface area (TPSA) is 105 Å². The maximum Gasteiger partial charge on any atom is 0.336 e. The van der Waals surface area contributed by atoms with Crippen LogP contribution in [0.5, 0.6) is 0 Å². The zero-order valence-electron chi connectivity index (χ0n) is 10.7. The minimum atomic E-state index is -1.37. The van der Waals surface area contributed by atoms with E-state index in [0.717, 1.165) is 7.11 Å². The number of aliphatic hydroxyl groups is 1. The van der Waals surface area contributed by atoms with E-state index in [-0.39, 0.29) is 19.0 Å². The fourth-order valence-electron chi connectivity index (χ4n) is 1.26. The van der Waals surface area contributed by atoms with E-state index in [1.165, 1.54) is 0 Å². The highest BCUT2D eigenvalue weighted by atomic mass is 16.5. The van der Waals surface area contributed by atoms with Crippen molar-refractivity contribution >= 4 is 17.8 Å². The van der Waals surface area contributed by atoms with Gasteiger partial charge in [-0.05, 0) is 6.07 Å². The highest BCUT2D eigenvalue weighted by molar-refractivity contribution is 5.81. The van der Waals surface area contributed by atoms with E-state index < -0.39 is 12.1 Å². The fraction of sp³-hybridized carbons (Fsp3) is 0.455. The molecule has 0 saturated heterocycles. The second-order valence-electron chi connectivity index (χ2n) is 3.75. The number of amides is 1. The van der Waals surface area contributed by atoms with Gasteiger partial charge < -0.3 is 20.1 Å². The Morgan fingerprint density at radius 1 is 1.47 bits per heavy atom. The smallest absolute Gasteiger partial charge is 0.336 e. The molecule has 1 rings (SSSR count). The first-order valence-electron chi connectivity index (χ1n) is 5.55. The van der Waals surface area contributed by atoms with Crippen LogP contribution < -0.4 is 10.2 Å². The average molecular weight is 268 g/mol. The Kier molecular flexibility index (Phi) is 5.68. The Bertz CT molecular complexity index is 426. The highest BCUT2D eigenvalue weighted by Crippen LogP contribution is 2.00. The predicted octanol–water partition coefficient (Wildman–Crippen LogP) is -1.44. The number of carbonyl (C=O) groups excluding carboxylic acids is 2. The third-order valence-electron chi connectivity index (χ3n) is 2.24. The van der Waals surface area contributed by atoms with Crippen LogP contribution in [0.1, 0.15) is 0 Å². The Morgan fingerprint density at radius 3 is 2.68 bits per heavy atom. The molecule has 0 spiro atoms. The third kappa shape index (κ3) is 4.88. The van der Waals surface area contributed by atoms with E-state index in [4.69, 9.17) is 0 Å². The van der Waals surface area contributed by atoms with Gasteiger partial charge in [0.25, 0.3) is 0 Å². The van der Waals surface area contributed by atoms with Crippen molar-refractivity contribution in [1.82, 2.24) is 15.3 Å². The summed E-state index contributed by atoms with van der Waals surface area (Å²) >= 11 is 0. The molecule has 1 heterocycles. The summed E-state index contributed by atoms with van der Waals surface area (Å²) in [5.74, 6) is -0.746. The van der Waals surface area contributed by atoms with Gasteiger partial charge in [-0.1, -0.05) is 0 Å². The van der Waals surface area contributed by atoms with Crippen molar-refractivity contribution in [2.75, 3.05) is 32.1 Å². The van der Waals surface area contributed by atoms with Gasteiger partial charge in [0, 0.05) is 19.4 Å². The number of ether oxygens (including phenoxy) is 1. The predicted molar refractivity (Wildman–Crippen MR) is 66.3 cm³/mol. The van der Waals surface area contributed by atoms with Crippen LogP contribution >= 0.6 is 0 Å². The van der Waals surface area contributed by atoms with Crippen molar-refractivity contribution in [3.05, 3.63) is 18.5 Å². The van der Waals surface area contributed by atoms with Crippen molar-refractivity contribution in [3.63, 3.8) is 0 Å². The third-order valence-corrected chi connectivity index (χ3v) is 2.24. The van der Waals surface area contributed by atoms with Gasteiger partial charge in [-0.25, -0.2) is 14.8 Å². The summed E-state index contributed by atoms with van der Waals surface area (Å²) in [5.41, 5.74) is 0. The number of aromatic nitrogens is 2. The summed E-state index contributed by atoms with van der Waals surface area (Å²) < 4.78 is 4.32. The van der Waals surface area contributed by atoms with E-state index in [1.54, 1.807) is 30.4 Å². The number of nitrogens with one attached hydrogen (secondary N) is 1. The molecule has 19 heavy (non-hydrogen) atoms. The summed E-state index contributed by atoms with van der Waals surface area (Å²) in [7, 11) is 2.82. The molecule has 0 bridgehead atoms. The van der Waals surface area contributed by atoms with Crippen LogP contribution in [0.25, 0.3) is 0 Å². The molecule has 8 nitrogen and oxygen atoms in total. The second kappa shape index (κ2) is 7.27. The summed E-state index contributed by atoms with van der Waals surface area (Å²) in [4.78, 5) is 32.0. The quantitative estimate of drug-likeness (QED) is 0.609. The molecule has 0 aromatic carbocycles. The van der Waals surface area contributed by atoms with Crippen LogP contribution in [0, 0.1) is 0 Å². The number of anilines is 1. The van der Waals surface area contributed by atoms with Gasteiger partial charge in [-0.3, -0.25) is 4.79 Å². The Morgan fingerprint density at radius 2 is 2.11 bits per heavy atom. The molecule has 2 N–H and O–H groups in total. The maximum absolute atomic E-state index is 11.6. The molecule has 0 radical (unpaired) electrons. The number of carbonyl (C=O) groups is 2. The van der Waals surface area contributed by atoms with Crippen LogP contribution in [-0.4, -0.2) is 60.3 Å². The fourth-order valence-corrected chi connectivity index (χ4v) is 1.26. The standard InChI is InChI=1S/C11H16N4O4/c1-15(11-12-4-3-5-13-11)7-9(17)14-6-8(16)10(18)19-2/h3-5,8,16H,6-7H2,1-2H3,(H,14,17). The van der Waals surface area contributed by atoms with Crippen LogP contribution in [0.4, 0.5) is 5.95 Å². The normalized spacial score (nSPS) is 11.5. The Balaban J connectivity index is 2.37. The number of nitrogens with zero attached hydrogens (tertiary/aromatic N) is 3. The molecule has 0 fully saturated rings. The van der Waals surface area contributed by atoms with Crippen LogP contribution in [-0.2, 0) is 14.3 Å². The van der Waals surface area contributed by atoms with E-state index in [2.05, 4.69) is 20.0 Å². The monoisotopic (exact) mass is 268 g/mol. The lowest BCUT2D eigenvalue weighted by molar-refractivity contribution is -0.150. The molecule has 1 aromatic heterocycles. The molecule has 0 saturated carbocycles. The maximum atomic E-state index is 11.6. The molecule has 0 aliphatic carbocycles. The van der Waals surface area contributed by atoms with Crippen molar-refractivity contribution < 1.29 is 19.4 Å². The molecular formula is C11H16N4O4. The van der Waals surface area contributed by atoms with Gasteiger partial charge in [0.1, 0.15) is 0 Å². The average Bonchev–Trinajstić information content (AvgIpc) is 2.44. The van der Waals surface area contributed by atoms with E-state index >= 15 is 0 Å². The molecule has 8 heteroatoms. The number of likely N-dealkylation sites (N-methyl/N-ethyl adjacent to an activating group) is 1. The van der Waals surface area contributed by atoms with Gasteiger partial charge in [0.05, 0.1) is 20.2 Å². The molecule has 1 amide bonds. The molecule has 0 aliphatic rings. The van der Waals surface area contributed by atoms with E-state index in [0.29, 0.717) is 5.95 Å². The molecule has 1 atom stereocenters. The van der Waals surface area contributed by atoms with Crippen molar-refractivity contribution in [2.45, 2.75) is 6.10 Å². The number of methoxy groups -OCH3 is 1. The summed E-state index contributed by atoms with van der Waals surface area (Å²) in [5, 5.41) is 11.7. The molecular weight excluding hydrogens is 252 g/mol. The van der Waals surface area contributed by atoms with Gasteiger partial charge in [0.15, 0.2) is 6.10 Å². The second-order valence-corrected chi connectivity index (χ2v) is 3.75. The van der Waals surface area contributed by atoms with Crippen LogP contribution in [0.3, 0.4) is 0 Å². The minimum absolute atomic E-state index is 0.0118. The summed E-state index contributed by atoms with van der Waals surface area (Å²) in [6.07, 6.45) is 1.77. The lowest BCUT2D eigenvalue weighted by atomic mass is 10.3. The lowest BCUT2D eigenvalue weighted by Gasteiger charge is -2.16. The number of hydrogen-bond donors (Lipinski definition) is 2. The number of rotatable bonds is 6. The molecule has 0 aliphatic heterocycles. The van der Waals surface area contributed by atoms with Gasteiger partial charge in [0.2, 0.25) is 11.9 Å². The van der Waals surface area contributed by atoms with Crippen molar-refractivity contribution in [2.24, 2.45) is 0 Å². The zero-order valence-corrected chi connectivity index (χ0v) is 10.7. The van der Waals surface area contributed by atoms with Gasteiger partial charge >= 0.3 is 5.97 Å². The first-order valence-corrected chi connectivity index (χ1v) is 5.55. The van der Waals surface area contributed by atoms with Crippen LogP contribution in [0.15, 0.2) is 18.5 Å². The largest absolute Gasteiger partial charge is 0.467 e. The molecule has 1 aromatic rings. The SMILES string of the molecule is COC(=O)C(O)CNC(=O)CN(C)c1ncccn1. The van der Waals surface area contributed by atoms with Crippen LogP contribution in [0.2, 0.25) is 0 Å². The van der Waals surface area contributed by atoms with Gasteiger partial charge in [-0.2, -0.15) is 0 Å². The van der Waals surface area contributed by atoms with Crippen molar-refractivity contribution in [3.8, 4) is 0 Å². The summed E-state index contributed by atoms with van der Waals surface area (Å²) in [6.45, 7) is -0.188. The summed E-state index contributed by atoms with van der Waals surface area (Å²) in [6, 6.07) is 1.67. The minimum Gasteiger partial charge on any atom is -0.467 e. The molecule has 1 unspecified atom stereocenters. The highest BCUT2D eigenvalue weighted by Gasteiger charge is 2.17. The lowest BCUT2D eigenvalue weighted by Crippen LogP contribution is -2.41. The van der Waals surface area contributed by atoms with Crippen molar-refractivity contribution in [1.29, 1.82) is 0 Å². The van der Waals surface area contributed by atoms with E-state index in [1.807, 2.05) is 0 Å². The number of hydrogen-bond acceptors (Lipinski definition) is 7. The molecule has 104 valence electrons. The first-order chi connectivity index (χ1) is 9.04. The number of esters is 1. The van der Waals surface area contributed by atoms with Gasteiger partial charge in [-0.15, -0.1) is 0 Å². The Hall–Kier alpha value is -2.22. The van der Waals surface area contributed by atoms with E-state index in [9.17, 15) is 14.7 Å². The zero-order chi connectivity index (χ0) is 14.3. The first kappa shape index (κ1) is 14.8. The number of aliphatic hydroxyl groups excluding tert-OH is 1. The Labute approximate surface area is 110 Å².